The van der Waals surface area contributed by atoms with Crippen LogP contribution in [0.1, 0.15) is 11.1 Å². The van der Waals surface area contributed by atoms with Crippen LogP contribution in [-0.4, -0.2) is 70.1 Å². The van der Waals surface area contributed by atoms with Gasteiger partial charge in [-0.2, -0.15) is 5.10 Å². The number of fused-ring (bicyclic) bond motifs is 1. The first-order chi connectivity index (χ1) is 24.0. The summed E-state index contributed by atoms with van der Waals surface area (Å²) in [5, 5.41) is 6.31. The van der Waals surface area contributed by atoms with Gasteiger partial charge in [-0.05, 0) is 54.1 Å². The van der Waals surface area contributed by atoms with Gasteiger partial charge in [0, 0.05) is 54.6 Å². The van der Waals surface area contributed by atoms with Gasteiger partial charge in [0.15, 0.2) is 0 Å². The van der Waals surface area contributed by atoms with Gasteiger partial charge in [0.1, 0.15) is 42.7 Å². The highest BCUT2D eigenvalue weighted by atomic mass is 35.5. The van der Waals surface area contributed by atoms with Crippen LogP contribution in [0.15, 0.2) is 104 Å². The van der Waals surface area contributed by atoms with Gasteiger partial charge in [-0.3, -0.25) is 4.90 Å². The van der Waals surface area contributed by atoms with E-state index in [1.165, 1.54) is 27.8 Å². The topological polar surface area (TPSA) is 77.8 Å². The van der Waals surface area contributed by atoms with E-state index < -0.39 is 5.79 Å². The molecule has 0 unspecified atom stereocenters. The van der Waals surface area contributed by atoms with Crippen LogP contribution in [0, 0.1) is 0 Å². The molecule has 0 saturated carbocycles. The Labute approximate surface area is 298 Å². The molecule has 49 heavy (non-hydrogen) atoms. The molecule has 0 spiro atoms. The van der Waals surface area contributed by atoms with E-state index in [1.54, 1.807) is 34.5 Å². The van der Waals surface area contributed by atoms with Crippen molar-refractivity contribution in [2.75, 3.05) is 44.3 Å². The Kier molecular flexibility index (Phi) is 9.24. The monoisotopic (exact) mass is 712 g/mol. The van der Waals surface area contributed by atoms with Gasteiger partial charge in [0.25, 0.3) is 0 Å². The minimum atomic E-state index is -1.14. The van der Waals surface area contributed by atoms with Gasteiger partial charge in [0.2, 0.25) is 5.79 Å². The lowest BCUT2D eigenvalue weighted by atomic mass is 10.1. The van der Waals surface area contributed by atoms with Gasteiger partial charge < -0.3 is 19.1 Å². The summed E-state index contributed by atoms with van der Waals surface area (Å²) in [5.41, 5.74) is 5.43. The van der Waals surface area contributed by atoms with Gasteiger partial charge in [-0.25, -0.2) is 14.6 Å². The molecule has 6 aromatic rings. The highest BCUT2D eigenvalue weighted by Gasteiger charge is 2.45. The number of hydrogen-bond acceptors (Lipinski definition) is 9. The average Bonchev–Trinajstić information content (AvgIpc) is 3.89. The number of ether oxygens (including phenoxy) is 3. The van der Waals surface area contributed by atoms with E-state index in [2.05, 4.69) is 74.5 Å². The number of piperazine rings is 1. The SMILES string of the molecule is Clc1ccc([C@]2(Cn3cncn3)OC[C@@H](COc3ccc(N4CCN(Cc5ccc(-c6nc7ccccc7s6)cc5)CC4)cc3)O2)c(Cl)c1. The number of thiazole rings is 1. The van der Waals surface area contributed by atoms with E-state index in [1.807, 2.05) is 24.3 Å². The molecular formula is C37H34Cl2N6O3S. The smallest absolute Gasteiger partial charge is 0.217 e. The van der Waals surface area contributed by atoms with E-state index in [0.29, 0.717) is 28.8 Å². The zero-order valence-corrected chi connectivity index (χ0v) is 28.9. The first kappa shape index (κ1) is 32.2. The number of benzene rings is 4. The van der Waals surface area contributed by atoms with Crippen LogP contribution in [-0.2, 0) is 28.4 Å². The van der Waals surface area contributed by atoms with E-state index in [4.69, 9.17) is 42.4 Å². The van der Waals surface area contributed by atoms with Crippen molar-refractivity contribution in [2.24, 2.45) is 0 Å². The van der Waals surface area contributed by atoms with Crippen LogP contribution in [0.3, 0.4) is 0 Å². The van der Waals surface area contributed by atoms with Crippen molar-refractivity contribution in [1.29, 1.82) is 0 Å². The summed E-state index contributed by atoms with van der Waals surface area (Å²) in [6.07, 6.45) is 2.78. The second-order valence-corrected chi connectivity index (χ2v) is 14.1. The highest BCUT2D eigenvalue weighted by Crippen LogP contribution is 2.40. The van der Waals surface area contributed by atoms with E-state index in [9.17, 15) is 0 Å². The first-order valence-corrected chi connectivity index (χ1v) is 17.8. The summed E-state index contributed by atoms with van der Waals surface area (Å²) in [4.78, 5) is 13.8. The van der Waals surface area contributed by atoms with E-state index in [0.717, 1.165) is 49.0 Å². The number of nitrogens with zero attached hydrogens (tertiary/aromatic N) is 6. The summed E-state index contributed by atoms with van der Waals surface area (Å²) in [6, 6.07) is 30.7. The van der Waals surface area contributed by atoms with Crippen molar-refractivity contribution in [3.05, 3.63) is 125 Å². The maximum Gasteiger partial charge on any atom is 0.217 e. The third kappa shape index (κ3) is 7.17. The predicted molar refractivity (Wildman–Crippen MR) is 193 cm³/mol. The van der Waals surface area contributed by atoms with Crippen LogP contribution in [0.4, 0.5) is 5.69 Å². The maximum atomic E-state index is 6.59. The molecule has 0 N–H and O–H groups in total. The molecular weight excluding hydrogens is 679 g/mol. The molecule has 8 rings (SSSR count). The summed E-state index contributed by atoms with van der Waals surface area (Å²) in [6.45, 7) is 5.84. The van der Waals surface area contributed by atoms with E-state index >= 15 is 0 Å². The molecule has 2 saturated heterocycles. The van der Waals surface area contributed by atoms with Crippen molar-refractivity contribution < 1.29 is 14.2 Å². The quantitative estimate of drug-likeness (QED) is 0.144. The second-order valence-electron chi connectivity index (χ2n) is 12.3. The molecule has 9 nitrogen and oxygen atoms in total. The molecule has 2 atom stereocenters. The fraction of sp³-hybridized carbons (Fsp3) is 0.270. The van der Waals surface area contributed by atoms with Gasteiger partial charge in [0.05, 0.1) is 21.8 Å². The largest absolute Gasteiger partial charge is 0.491 e. The molecule has 0 radical (unpaired) electrons. The molecule has 0 amide bonds. The summed E-state index contributed by atoms with van der Waals surface area (Å²) < 4.78 is 21.8. The van der Waals surface area contributed by atoms with Crippen LogP contribution >= 0.6 is 34.5 Å². The number of halogens is 2. The van der Waals surface area contributed by atoms with Crippen molar-refractivity contribution in [3.63, 3.8) is 0 Å². The first-order valence-electron chi connectivity index (χ1n) is 16.2. The Morgan fingerprint density at radius 2 is 1.73 bits per heavy atom. The highest BCUT2D eigenvalue weighted by molar-refractivity contribution is 7.21. The molecule has 4 aromatic carbocycles. The lowest BCUT2D eigenvalue weighted by Crippen LogP contribution is -2.45. The minimum absolute atomic E-state index is 0.282. The van der Waals surface area contributed by atoms with Crippen molar-refractivity contribution >= 4 is 50.4 Å². The average molecular weight is 714 g/mol. The number of anilines is 1. The number of para-hydroxylation sites is 1. The summed E-state index contributed by atoms with van der Waals surface area (Å²) >= 11 is 14.5. The lowest BCUT2D eigenvalue weighted by molar-refractivity contribution is -0.190. The molecule has 250 valence electrons. The Morgan fingerprint density at radius 3 is 2.49 bits per heavy atom. The van der Waals surface area contributed by atoms with Crippen molar-refractivity contribution in [1.82, 2.24) is 24.6 Å². The maximum absolute atomic E-state index is 6.59. The van der Waals surface area contributed by atoms with Crippen LogP contribution in [0.5, 0.6) is 5.75 Å². The molecule has 4 heterocycles. The summed E-state index contributed by atoms with van der Waals surface area (Å²) in [5.74, 6) is -0.366. The number of aromatic nitrogens is 4. The van der Waals surface area contributed by atoms with Gasteiger partial charge in [-0.1, -0.05) is 65.7 Å². The Bertz CT molecular complexity index is 1980. The standard InChI is InChI=1S/C37H34Cl2N6O3S/c38-28-9-14-32(33(39)19-28)37(23-45-25-40-24-41-45)47-22-31(48-37)21-46-30-12-10-29(11-13-30)44-17-15-43(16-18-44)20-26-5-7-27(8-6-26)36-42-34-3-1-2-4-35(34)49-36/h1-14,19,24-25,31H,15-18,20-23H2/t31-,37-/m1/s1. The summed E-state index contributed by atoms with van der Waals surface area (Å²) in [7, 11) is 0. The number of rotatable bonds is 10. The molecule has 12 heteroatoms. The lowest BCUT2D eigenvalue weighted by Gasteiger charge is -2.36. The molecule has 2 aliphatic heterocycles. The van der Waals surface area contributed by atoms with E-state index in [-0.39, 0.29) is 12.6 Å². The van der Waals surface area contributed by atoms with Crippen LogP contribution in [0.2, 0.25) is 10.0 Å². The Morgan fingerprint density at radius 1 is 0.918 bits per heavy atom. The fourth-order valence-electron chi connectivity index (χ4n) is 6.40. The van der Waals surface area contributed by atoms with Crippen LogP contribution in [0.25, 0.3) is 20.8 Å². The second kappa shape index (κ2) is 14.1. The Balaban J connectivity index is 0.829. The van der Waals surface area contributed by atoms with Gasteiger partial charge in [-0.15, -0.1) is 11.3 Å². The zero-order chi connectivity index (χ0) is 33.2. The molecule has 2 aliphatic rings. The molecule has 0 bridgehead atoms. The number of hydrogen-bond donors (Lipinski definition) is 0. The third-order valence-corrected chi connectivity index (χ3v) is 10.6. The van der Waals surface area contributed by atoms with Crippen molar-refractivity contribution in [2.45, 2.75) is 25.0 Å². The predicted octanol–water partition coefficient (Wildman–Crippen LogP) is 7.53. The molecule has 2 fully saturated rings. The molecule has 0 aliphatic carbocycles. The fourth-order valence-corrected chi connectivity index (χ4v) is 7.92. The van der Waals surface area contributed by atoms with Crippen molar-refractivity contribution in [3.8, 4) is 16.3 Å². The Hall–Kier alpha value is -4.03. The molecule has 2 aromatic heterocycles. The minimum Gasteiger partial charge on any atom is -0.491 e. The normalized spacial score (nSPS) is 19.9. The zero-order valence-electron chi connectivity index (χ0n) is 26.6. The van der Waals surface area contributed by atoms with Crippen LogP contribution < -0.4 is 9.64 Å². The third-order valence-electron chi connectivity index (χ3n) is 8.95. The van der Waals surface area contributed by atoms with Gasteiger partial charge >= 0.3 is 0 Å².